The van der Waals surface area contributed by atoms with E-state index in [0.717, 1.165) is 36.1 Å². The number of nitrogens with zero attached hydrogens (tertiary/aromatic N) is 3. The zero-order valence-electron chi connectivity index (χ0n) is 16.6. The van der Waals surface area contributed by atoms with Gasteiger partial charge in [0.05, 0.1) is 10.6 Å². The number of benzene rings is 1. The van der Waals surface area contributed by atoms with Crippen LogP contribution >= 0.6 is 0 Å². The van der Waals surface area contributed by atoms with Crippen LogP contribution in [0.15, 0.2) is 41.7 Å². The summed E-state index contributed by atoms with van der Waals surface area (Å²) in [6.45, 7) is 2.81. The number of sulfonamides is 1. The summed E-state index contributed by atoms with van der Waals surface area (Å²) in [5.41, 5.74) is 1.67. The molecule has 154 valence electrons. The van der Waals surface area contributed by atoms with E-state index in [0.29, 0.717) is 32.4 Å². The van der Waals surface area contributed by atoms with Crippen LogP contribution in [0.25, 0.3) is 0 Å². The zero-order valence-corrected chi connectivity index (χ0v) is 17.4. The molecular weight excluding hydrogens is 388 g/mol. The van der Waals surface area contributed by atoms with Gasteiger partial charge in [-0.25, -0.2) is 18.4 Å². The van der Waals surface area contributed by atoms with Crippen LogP contribution in [-0.4, -0.2) is 41.3 Å². The number of hydrogen-bond acceptors (Lipinski definition) is 5. The van der Waals surface area contributed by atoms with Gasteiger partial charge in [-0.2, -0.15) is 4.72 Å². The molecule has 1 aliphatic heterocycles. The summed E-state index contributed by atoms with van der Waals surface area (Å²) in [6.07, 6.45) is 7.63. The Balaban J connectivity index is 1.62. The first-order valence-corrected chi connectivity index (χ1v) is 11.6. The Labute approximate surface area is 171 Å². The minimum atomic E-state index is -3.81. The fourth-order valence-corrected chi connectivity index (χ4v) is 5.88. The van der Waals surface area contributed by atoms with Gasteiger partial charge in [-0.05, 0) is 37.5 Å². The number of fused-ring (bicyclic) bond motifs is 1. The molecule has 7 nitrogen and oxygen atoms in total. The second-order valence-corrected chi connectivity index (χ2v) is 9.72. The van der Waals surface area contributed by atoms with Crippen molar-refractivity contribution in [3.05, 3.63) is 53.6 Å². The predicted octanol–water partition coefficient (Wildman–Crippen LogP) is 2.35. The first-order chi connectivity index (χ1) is 13.9. The Morgan fingerprint density at radius 2 is 2.00 bits per heavy atom. The first kappa shape index (κ1) is 20.0. The van der Waals surface area contributed by atoms with Crippen LogP contribution < -0.4 is 4.72 Å². The van der Waals surface area contributed by atoms with Crippen LogP contribution in [0.3, 0.4) is 0 Å². The third-order valence-electron chi connectivity index (χ3n) is 5.89. The number of rotatable bonds is 4. The second kappa shape index (κ2) is 7.84. The van der Waals surface area contributed by atoms with Gasteiger partial charge in [0.25, 0.3) is 0 Å². The summed E-state index contributed by atoms with van der Waals surface area (Å²) in [7, 11) is -3.81. The minimum absolute atomic E-state index is 0.136. The lowest BCUT2D eigenvalue weighted by Crippen LogP contribution is -2.61. The molecule has 1 amide bonds. The molecule has 0 radical (unpaired) electrons. The van der Waals surface area contributed by atoms with Crippen molar-refractivity contribution in [1.82, 2.24) is 19.6 Å². The van der Waals surface area contributed by atoms with E-state index >= 15 is 0 Å². The molecule has 0 atom stereocenters. The Morgan fingerprint density at radius 3 is 2.76 bits per heavy atom. The van der Waals surface area contributed by atoms with Crippen LogP contribution in [0.1, 0.15) is 48.9 Å². The maximum absolute atomic E-state index is 13.6. The van der Waals surface area contributed by atoms with Gasteiger partial charge in [0.2, 0.25) is 15.9 Å². The fraction of sp³-hybridized carbons (Fsp3) is 0.476. The summed E-state index contributed by atoms with van der Waals surface area (Å²) in [6, 6.07) is 6.79. The number of aryl methyl sites for hydroxylation is 1. The van der Waals surface area contributed by atoms with Gasteiger partial charge in [0.15, 0.2) is 0 Å². The predicted molar refractivity (Wildman–Crippen MR) is 108 cm³/mol. The maximum Gasteiger partial charge on any atom is 0.244 e. The van der Waals surface area contributed by atoms with Gasteiger partial charge in [-0.3, -0.25) is 4.79 Å². The van der Waals surface area contributed by atoms with Crippen LogP contribution in [0.2, 0.25) is 0 Å². The summed E-state index contributed by atoms with van der Waals surface area (Å²) >= 11 is 0. The van der Waals surface area contributed by atoms with Crippen molar-refractivity contribution >= 4 is 15.9 Å². The summed E-state index contributed by atoms with van der Waals surface area (Å²) in [5, 5.41) is 0. The average molecular weight is 415 g/mol. The third kappa shape index (κ3) is 4.04. The lowest BCUT2D eigenvalue weighted by molar-refractivity contribution is -0.140. The smallest absolute Gasteiger partial charge is 0.244 e. The Bertz CT molecular complexity index is 1020. The molecule has 2 heterocycles. The minimum Gasteiger partial charge on any atom is -0.336 e. The van der Waals surface area contributed by atoms with E-state index in [1.54, 1.807) is 29.3 Å². The van der Waals surface area contributed by atoms with Crippen LogP contribution in [-0.2, 0) is 27.8 Å². The van der Waals surface area contributed by atoms with Crippen LogP contribution in [0.5, 0.6) is 0 Å². The van der Waals surface area contributed by atoms with E-state index in [-0.39, 0.29) is 10.8 Å². The molecule has 8 heteroatoms. The molecule has 4 rings (SSSR count). The summed E-state index contributed by atoms with van der Waals surface area (Å²) < 4.78 is 29.1. The monoisotopic (exact) mass is 414 g/mol. The van der Waals surface area contributed by atoms with Crippen molar-refractivity contribution in [2.45, 2.75) is 62.4 Å². The Hall–Kier alpha value is -2.32. The summed E-state index contributed by atoms with van der Waals surface area (Å²) in [5.74, 6) is -0.136. The lowest BCUT2D eigenvalue weighted by atomic mass is 9.81. The van der Waals surface area contributed by atoms with Crippen LogP contribution in [0, 0.1) is 6.92 Å². The number of aromatic nitrogens is 2. The molecule has 0 spiro atoms. The van der Waals surface area contributed by atoms with Crippen molar-refractivity contribution in [3.63, 3.8) is 0 Å². The van der Waals surface area contributed by atoms with Gasteiger partial charge < -0.3 is 4.90 Å². The molecular formula is C21H26N4O3S. The highest BCUT2D eigenvalue weighted by atomic mass is 32.2. The van der Waals surface area contributed by atoms with E-state index in [1.165, 1.54) is 6.33 Å². The van der Waals surface area contributed by atoms with E-state index < -0.39 is 15.6 Å². The molecule has 29 heavy (non-hydrogen) atoms. The highest BCUT2D eigenvalue weighted by Crippen LogP contribution is 2.33. The SMILES string of the molecule is Cc1cccc(S(=O)(=O)NC2(C(=O)N3CCc4ncncc4C3)CCCCC2)c1. The van der Waals surface area contributed by atoms with Gasteiger partial charge >= 0.3 is 0 Å². The van der Waals surface area contributed by atoms with Gasteiger partial charge in [-0.15, -0.1) is 0 Å². The molecule has 0 saturated heterocycles. The largest absolute Gasteiger partial charge is 0.336 e. The maximum atomic E-state index is 13.6. The van der Waals surface area contributed by atoms with E-state index in [1.807, 2.05) is 13.0 Å². The number of carbonyl (C=O) groups is 1. The fourth-order valence-electron chi connectivity index (χ4n) is 4.36. The number of hydrogen-bond donors (Lipinski definition) is 1. The molecule has 0 bridgehead atoms. The number of amides is 1. The third-order valence-corrected chi connectivity index (χ3v) is 7.43. The van der Waals surface area contributed by atoms with Gasteiger partial charge in [0, 0.05) is 31.3 Å². The van der Waals surface area contributed by atoms with Gasteiger partial charge in [-0.1, -0.05) is 31.4 Å². The van der Waals surface area contributed by atoms with Crippen molar-refractivity contribution in [2.75, 3.05) is 6.54 Å². The Morgan fingerprint density at radius 1 is 1.21 bits per heavy atom. The summed E-state index contributed by atoms with van der Waals surface area (Å²) in [4.78, 5) is 23.9. The van der Waals surface area contributed by atoms with Crippen molar-refractivity contribution in [1.29, 1.82) is 0 Å². The number of carbonyl (C=O) groups excluding carboxylic acids is 1. The van der Waals surface area contributed by atoms with Crippen molar-refractivity contribution < 1.29 is 13.2 Å². The quantitative estimate of drug-likeness (QED) is 0.829. The highest BCUT2D eigenvalue weighted by molar-refractivity contribution is 7.89. The standard InChI is InChI=1S/C21H26N4O3S/c1-16-6-5-7-18(12-16)29(27,28)24-21(9-3-2-4-10-21)20(26)25-11-8-19-17(14-25)13-22-15-23-19/h5-7,12-13,15,24H,2-4,8-11,14H2,1H3. The van der Waals surface area contributed by atoms with E-state index in [4.69, 9.17) is 0 Å². The second-order valence-electron chi connectivity index (χ2n) is 8.04. The molecule has 0 unspecified atom stereocenters. The topological polar surface area (TPSA) is 92.3 Å². The lowest BCUT2D eigenvalue weighted by Gasteiger charge is -2.41. The number of nitrogens with one attached hydrogen (secondary N) is 1. The molecule has 1 saturated carbocycles. The first-order valence-electron chi connectivity index (χ1n) is 10.1. The molecule has 1 aliphatic carbocycles. The van der Waals surface area contributed by atoms with E-state index in [9.17, 15) is 13.2 Å². The van der Waals surface area contributed by atoms with Crippen LogP contribution in [0.4, 0.5) is 0 Å². The molecule has 1 aromatic carbocycles. The zero-order chi connectivity index (χ0) is 20.5. The molecule has 1 aromatic heterocycles. The van der Waals surface area contributed by atoms with Gasteiger partial charge in [0.1, 0.15) is 11.9 Å². The normalized spacial score (nSPS) is 18.9. The average Bonchev–Trinajstić information content (AvgIpc) is 2.73. The van der Waals surface area contributed by atoms with Crippen molar-refractivity contribution in [3.8, 4) is 0 Å². The van der Waals surface area contributed by atoms with E-state index in [2.05, 4.69) is 14.7 Å². The van der Waals surface area contributed by atoms with Crippen molar-refractivity contribution in [2.24, 2.45) is 0 Å². The highest BCUT2D eigenvalue weighted by Gasteiger charge is 2.45. The molecule has 2 aromatic rings. The molecule has 1 N–H and O–H groups in total. The molecule has 2 aliphatic rings. The molecule has 1 fully saturated rings. The Kier molecular flexibility index (Phi) is 5.40.